The van der Waals surface area contributed by atoms with Crippen LogP contribution in [-0.2, 0) is 4.79 Å². The van der Waals surface area contributed by atoms with Crippen LogP contribution in [0.5, 0.6) is 0 Å². The Morgan fingerprint density at radius 2 is 2.15 bits per heavy atom. The molecule has 0 bridgehead atoms. The average Bonchev–Trinajstić information content (AvgIpc) is 3.06. The van der Waals surface area contributed by atoms with E-state index in [0.29, 0.717) is 5.92 Å². The van der Waals surface area contributed by atoms with Crippen molar-refractivity contribution in [1.29, 1.82) is 0 Å². The van der Waals surface area contributed by atoms with Crippen LogP contribution < -0.4 is 5.43 Å². The maximum absolute atomic E-state index is 12.2. The first-order valence-corrected chi connectivity index (χ1v) is 7.99. The lowest BCUT2D eigenvalue weighted by molar-refractivity contribution is -0.123. The lowest BCUT2D eigenvalue weighted by Gasteiger charge is -2.15. The fourth-order valence-corrected chi connectivity index (χ4v) is 3.90. The molecule has 2 aliphatic carbocycles. The average molecular weight is 335 g/mol. The van der Waals surface area contributed by atoms with Gasteiger partial charge in [-0.2, -0.15) is 5.10 Å². The highest BCUT2D eigenvalue weighted by Crippen LogP contribution is 2.66. The van der Waals surface area contributed by atoms with Gasteiger partial charge in [0.2, 0.25) is 5.91 Å². The summed E-state index contributed by atoms with van der Waals surface area (Å²) in [7, 11) is 0. The largest absolute Gasteiger partial charge is 0.273 e. The van der Waals surface area contributed by atoms with Crippen LogP contribution in [0.3, 0.4) is 0 Å². The summed E-state index contributed by atoms with van der Waals surface area (Å²) in [5.41, 5.74) is 3.93. The van der Waals surface area contributed by atoms with E-state index in [4.69, 9.17) is 0 Å². The second kappa shape index (κ2) is 5.32. The van der Waals surface area contributed by atoms with Crippen LogP contribution in [-0.4, -0.2) is 12.1 Å². The molecule has 0 spiro atoms. The number of benzene rings is 1. The van der Waals surface area contributed by atoms with Gasteiger partial charge in [0.1, 0.15) is 0 Å². The number of hydrogen-bond acceptors (Lipinski definition) is 2. The molecule has 0 aliphatic heterocycles. The van der Waals surface area contributed by atoms with Gasteiger partial charge in [-0.15, -0.1) is 0 Å². The fraction of sp³-hybridized carbons (Fsp3) is 0.500. The number of hydrazone groups is 1. The van der Waals surface area contributed by atoms with Crippen LogP contribution in [0.25, 0.3) is 0 Å². The quantitative estimate of drug-likeness (QED) is 0.664. The van der Waals surface area contributed by atoms with E-state index in [1.807, 2.05) is 24.3 Å². The first kappa shape index (κ1) is 13.8. The third kappa shape index (κ3) is 2.53. The molecule has 0 radical (unpaired) electrons. The number of carbonyl (C=O) groups is 1. The number of carbonyl (C=O) groups excluding carboxylic acids is 1. The number of hydrogen-bond donors (Lipinski definition) is 1. The molecule has 0 aromatic heterocycles. The molecule has 2 aliphatic rings. The van der Waals surface area contributed by atoms with Crippen molar-refractivity contribution in [1.82, 2.24) is 5.43 Å². The summed E-state index contributed by atoms with van der Waals surface area (Å²) in [6.45, 7) is 2.25. The number of halogens is 1. The molecule has 1 amide bonds. The summed E-state index contributed by atoms with van der Waals surface area (Å²) in [6.07, 6.45) is 6.61. The Hall–Kier alpha value is -1.16. The molecule has 1 N–H and O–H groups in total. The van der Waals surface area contributed by atoms with E-state index in [1.165, 1.54) is 25.7 Å². The summed E-state index contributed by atoms with van der Waals surface area (Å²) >= 11 is 3.39. The molecular weight excluding hydrogens is 316 g/mol. The summed E-state index contributed by atoms with van der Waals surface area (Å²) < 4.78 is 1.04. The van der Waals surface area contributed by atoms with E-state index in [1.54, 1.807) is 6.21 Å². The maximum atomic E-state index is 12.2. The number of fused-ring (bicyclic) bond motifs is 1. The predicted octanol–water partition coefficient (Wildman–Crippen LogP) is 3.73. The number of amides is 1. The first-order valence-electron chi connectivity index (χ1n) is 7.20. The van der Waals surface area contributed by atoms with E-state index in [-0.39, 0.29) is 17.2 Å². The minimum absolute atomic E-state index is 0.0905. The summed E-state index contributed by atoms with van der Waals surface area (Å²) in [5, 5.41) is 4.08. The van der Waals surface area contributed by atoms with Crippen molar-refractivity contribution < 1.29 is 4.79 Å². The van der Waals surface area contributed by atoms with Crippen molar-refractivity contribution in [3.63, 3.8) is 0 Å². The molecule has 1 aromatic carbocycles. The van der Waals surface area contributed by atoms with Crippen molar-refractivity contribution in [3.05, 3.63) is 34.3 Å². The van der Waals surface area contributed by atoms with Gasteiger partial charge in [-0.25, -0.2) is 5.43 Å². The zero-order valence-electron chi connectivity index (χ0n) is 11.6. The normalized spacial score (nSPS) is 31.9. The molecule has 106 valence electrons. The standard InChI is InChI=1S/C16H19BrN2O/c1-16-9-3-2-4-13(16)14(16)15(20)19-18-10-11-5-7-12(17)8-6-11/h5-8,10,13-14H,2-4,9H2,1H3,(H,19,20)/b18-10-/t13-,14+,16-/m0/s1. The Balaban J connectivity index is 1.56. The molecule has 0 heterocycles. The van der Waals surface area contributed by atoms with Gasteiger partial charge in [-0.3, -0.25) is 4.79 Å². The Labute approximate surface area is 128 Å². The summed E-state index contributed by atoms with van der Waals surface area (Å²) in [5.74, 6) is 0.846. The highest BCUT2D eigenvalue weighted by molar-refractivity contribution is 9.10. The first-order chi connectivity index (χ1) is 9.61. The predicted molar refractivity (Wildman–Crippen MR) is 83.4 cm³/mol. The summed E-state index contributed by atoms with van der Waals surface area (Å²) in [4.78, 5) is 12.2. The van der Waals surface area contributed by atoms with Crippen LogP contribution in [0.2, 0.25) is 0 Å². The number of nitrogens with one attached hydrogen (secondary N) is 1. The Morgan fingerprint density at radius 3 is 2.80 bits per heavy atom. The van der Waals surface area contributed by atoms with E-state index >= 15 is 0 Å². The van der Waals surface area contributed by atoms with Gasteiger partial charge in [0.05, 0.1) is 6.21 Å². The van der Waals surface area contributed by atoms with Gasteiger partial charge >= 0.3 is 0 Å². The van der Waals surface area contributed by atoms with Crippen LogP contribution in [0.4, 0.5) is 0 Å². The molecule has 0 saturated heterocycles. The Kier molecular flexibility index (Phi) is 3.67. The highest BCUT2D eigenvalue weighted by Gasteiger charge is 2.64. The summed E-state index contributed by atoms with van der Waals surface area (Å²) in [6, 6.07) is 7.83. The molecule has 1 aromatic rings. The topological polar surface area (TPSA) is 41.5 Å². The van der Waals surface area contributed by atoms with Gasteiger partial charge in [-0.05, 0) is 41.9 Å². The number of rotatable bonds is 3. The van der Waals surface area contributed by atoms with E-state index in [0.717, 1.165) is 10.0 Å². The third-order valence-electron chi connectivity index (χ3n) is 4.87. The van der Waals surface area contributed by atoms with E-state index in [9.17, 15) is 4.79 Å². The molecule has 3 atom stereocenters. The molecule has 2 fully saturated rings. The molecule has 2 saturated carbocycles. The third-order valence-corrected chi connectivity index (χ3v) is 5.40. The van der Waals surface area contributed by atoms with Crippen molar-refractivity contribution in [2.24, 2.45) is 22.4 Å². The lowest BCUT2D eigenvalue weighted by atomic mass is 9.90. The minimum Gasteiger partial charge on any atom is -0.273 e. The molecular formula is C16H19BrN2O. The van der Waals surface area contributed by atoms with E-state index < -0.39 is 0 Å². The zero-order chi connectivity index (χ0) is 14.2. The second-order valence-electron chi connectivity index (χ2n) is 6.12. The van der Waals surface area contributed by atoms with Crippen LogP contribution in [0.15, 0.2) is 33.8 Å². The maximum Gasteiger partial charge on any atom is 0.244 e. The lowest BCUT2D eigenvalue weighted by Crippen LogP contribution is -2.22. The van der Waals surface area contributed by atoms with Crippen molar-refractivity contribution in [3.8, 4) is 0 Å². The SMILES string of the molecule is C[C@]12CCCC[C@H]1[C@@H]2C(=O)N/N=C\c1ccc(Br)cc1. The number of nitrogens with zero attached hydrogens (tertiary/aromatic N) is 1. The molecule has 3 rings (SSSR count). The molecule has 3 nitrogen and oxygen atoms in total. The molecule has 20 heavy (non-hydrogen) atoms. The smallest absolute Gasteiger partial charge is 0.244 e. The van der Waals surface area contributed by atoms with Crippen LogP contribution in [0, 0.1) is 17.3 Å². The van der Waals surface area contributed by atoms with Crippen LogP contribution >= 0.6 is 15.9 Å². The van der Waals surface area contributed by atoms with Gasteiger partial charge in [0, 0.05) is 10.4 Å². The monoisotopic (exact) mass is 334 g/mol. The van der Waals surface area contributed by atoms with Gasteiger partial charge in [0.25, 0.3) is 0 Å². The van der Waals surface area contributed by atoms with Gasteiger partial charge < -0.3 is 0 Å². The zero-order valence-corrected chi connectivity index (χ0v) is 13.2. The Bertz CT molecular complexity index is 540. The van der Waals surface area contributed by atoms with Crippen molar-refractivity contribution in [2.45, 2.75) is 32.6 Å². The second-order valence-corrected chi connectivity index (χ2v) is 7.04. The molecule has 0 unspecified atom stereocenters. The fourth-order valence-electron chi connectivity index (χ4n) is 3.64. The van der Waals surface area contributed by atoms with Gasteiger partial charge in [-0.1, -0.05) is 47.8 Å². The van der Waals surface area contributed by atoms with Crippen molar-refractivity contribution >= 4 is 28.1 Å². The van der Waals surface area contributed by atoms with Crippen molar-refractivity contribution in [2.75, 3.05) is 0 Å². The Morgan fingerprint density at radius 1 is 1.40 bits per heavy atom. The van der Waals surface area contributed by atoms with E-state index in [2.05, 4.69) is 33.4 Å². The highest BCUT2D eigenvalue weighted by atomic mass is 79.9. The minimum atomic E-state index is 0.0905. The van der Waals surface area contributed by atoms with Gasteiger partial charge in [0.15, 0.2) is 0 Å². The van der Waals surface area contributed by atoms with Crippen LogP contribution in [0.1, 0.15) is 38.2 Å². The molecule has 4 heteroatoms.